The fraction of sp³-hybridized carbons (Fsp3) is 0.429. The SMILES string of the molecule is CSCc1cccc(C(=O)NCC(=O)NC(C)C)c1. The van der Waals surface area contributed by atoms with Gasteiger partial charge in [0.2, 0.25) is 5.91 Å². The third-order valence-corrected chi connectivity index (χ3v) is 2.98. The lowest BCUT2D eigenvalue weighted by molar-refractivity contribution is -0.120. The van der Waals surface area contributed by atoms with Crippen molar-refractivity contribution < 1.29 is 9.59 Å². The van der Waals surface area contributed by atoms with Crippen LogP contribution in [0.25, 0.3) is 0 Å². The zero-order chi connectivity index (χ0) is 14.3. The molecule has 0 saturated heterocycles. The number of benzene rings is 1. The summed E-state index contributed by atoms with van der Waals surface area (Å²) in [4.78, 5) is 23.3. The lowest BCUT2D eigenvalue weighted by Crippen LogP contribution is -2.39. The van der Waals surface area contributed by atoms with Crippen LogP contribution >= 0.6 is 11.8 Å². The lowest BCUT2D eigenvalue weighted by Gasteiger charge is -2.09. The van der Waals surface area contributed by atoms with Crippen LogP contribution in [0.5, 0.6) is 0 Å². The molecule has 2 N–H and O–H groups in total. The molecule has 0 saturated carbocycles. The van der Waals surface area contributed by atoms with E-state index in [1.54, 1.807) is 17.8 Å². The zero-order valence-electron chi connectivity index (χ0n) is 11.5. The van der Waals surface area contributed by atoms with Crippen LogP contribution in [0.2, 0.25) is 0 Å². The highest BCUT2D eigenvalue weighted by atomic mass is 32.2. The van der Waals surface area contributed by atoms with Gasteiger partial charge in [0.25, 0.3) is 5.91 Å². The van der Waals surface area contributed by atoms with Crippen molar-refractivity contribution in [3.05, 3.63) is 35.4 Å². The molecule has 1 rings (SSSR count). The van der Waals surface area contributed by atoms with E-state index in [1.165, 1.54) is 0 Å². The molecule has 0 fully saturated rings. The minimum atomic E-state index is -0.221. The molecule has 0 aliphatic carbocycles. The number of carbonyl (C=O) groups is 2. The first-order valence-electron chi connectivity index (χ1n) is 6.18. The number of thioether (sulfide) groups is 1. The van der Waals surface area contributed by atoms with Crippen molar-refractivity contribution in [2.24, 2.45) is 0 Å². The Morgan fingerprint density at radius 3 is 2.68 bits per heavy atom. The van der Waals surface area contributed by atoms with E-state index in [1.807, 2.05) is 38.3 Å². The summed E-state index contributed by atoms with van der Waals surface area (Å²) in [6.07, 6.45) is 2.02. The monoisotopic (exact) mass is 280 g/mol. The summed E-state index contributed by atoms with van der Waals surface area (Å²) < 4.78 is 0. The van der Waals surface area contributed by atoms with Crippen LogP contribution in [-0.2, 0) is 10.5 Å². The normalized spacial score (nSPS) is 10.3. The van der Waals surface area contributed by atoms with Gasteiger partial charge >= 0.3 is 0 Å². The minimum absolute atomic E-state index is 0.00374. The van der Waals surface area contributed by atoms with Gasteiger partial charge in [0.1, 0.15) is 0 Å². The standard InChI is InChI=1S/C14H20N2O2S/c1-10(2)16-13(17)8-15-14(18)12-6-4-5-11(7-12)9-19-3/h4-7,10H,8-9H2,1-3H3,(H,15,18)(H,16,17). The topological polar surface area (TPSA) is 58.2 Å². The molecule has 1 aromatic carbocycles. The molecule has 1 aromatic rings. The predicted octanol–water partition coefficient (Wildman–Crippen LogP) is 1.80. The third-order valence-electron chi connectivity index (χ3n) is 2.36. The highest BCUT2D eigenvalue weighted by Crippen LogP contribution is 2.11. The molecule has 0 aliphatic heterocycles. The highest BCUT2D eigenvalue weighted by molar-refractivity contribution is 7.97. The maximum atomic E-state index is 11.9. The van der Waals surface area contributed by atoms with Gasteiger partial charge in [0, 0.05) is 17.4 Å². The molecule has 0 aromatic heterocycles. The first-order valence-corrected chi connectivity index (χ1v) is 7.57. The van der Waals surface area contributed by atoms with Crippen molar-refractivity contribution in [1.82, 2.24) is 10.6 Å². The Kier molecular flexibility index (Phi) is 6.42. The summed E-state index contributed by atoms with van der Waals surface area (Å²) in [5.41, 5.74) is 1.69. The highest BCUT2D eigenvalue weighted by Gasteiger charge is 2.09. The molecular formula is C14H20N2O2S. The second kappa shape index (κ2) is 7.84. The number of nitrogens with one attached hydrogen (secondary N) is 2. The second-order valence-corrected chi connectivity index (χ2v) is 5.40. The molecule has 2 amide bonds. The van der Waals surface area contributed by atoms with E-state index in [4.69, 9.17) is 0 Å². The maximum absolute atomic E-state index is 11.9. The van der Waals surface area contributed by atoms with Crippen molar-refractivity contribution in [2.45, 2.75) is 25.6 Å². The van der Waals surface area contributed by atoms with E-state index in [0.29, 0.717) is 5.56 Å². The Labute approximate surface area is 118 Å². The van der Waals surface area contributed by atoms with E-state index in [0.717, 1.165) is 11.3 Å². The minimum Gasteiger partial charge on any atom is -0.352 e. The van der Waals surface area contributed by atoms with Gasteiger partial charge in [-0.25, -0.2) is 0 Å². The van der Waals surface area contributed by atoms with Crippen molar-refractivity contribution in [3.63, 3.8) is 0 Å². The quantitative estimate of drug-likeness (QED) is 0.835. The Balaban J connectivity index is 2.53. The first kappa shape index (κ1) is 15.6. The van der Waals surface area contributed by atoms with Crippen molar-refractivity contribution in [2.75, 3.05) is 12.8 Å². The van der Waals surface area contributed by atoms with E-state index in [2.05, 4.69) is 10.6 Å². The summed E-state index contributed by atoms with van der Waals surface area (Å²) in [5, 5.41) is 5.34. The van der Waals surface area contributed by atoms with E-state index < -0.39 is 0 Å². The Morgan fingerprint density at radius 1 is 1.32 bits per heavy atom. The number of carbonyl (C=O) groups excluding carboxylic acids is 2. The second-order valence-electron chi connectivity index (χ2n) is 4.54. The van der Waals surface area contributed by atoms with Gasteiger partial charge in [-0.2, -0.15) is 11.8 Å². The number of amides is 2. The molecule has 104 valence electrons. The number of hydrogen-bond acceptors (Lipinski definition) is 3. The van der Waals surface area contributed by atoms with Crippen LogP contribution < -0.4 is 10.6 Å². The number of hydrogen-bond donors (Lipinski definition) is 2. The van der Waals surface area contributed by atoms with Crippen LogP contribution in [0.3, 0.4) is 0 Å². The number of rotatable bonds is 6. The summed E-state index contributed by atoms with van der Waals surface area (Å²) in [6.45, 7) is 3.76. The average molecular weight is 280 g/mol. The molecule has 4 nitrogen and oxygen atoms in total. The lowest BCUT2D eigenvalue weighted by atomic mass is 10.1. The Bertz CT molecular complexity index is 447. The molecule has 0 atom stereocenters. The van der Waals surface area contributed by atoms with Gasteiger partial charge in [0.05, 0.1) is 6.54 Å². The smallest absolute Gasteiger partial charge is 0.251 e. The molecule has 19 heavy (non-hydrogen) atoms. The summed E-state index contributed by atoms with van der Waals surface area (Å²) in [7, 11) is 0. The van der Waals surface area contributed by atoms with Crippen LogP contribution in [0, 0.1) is 0 Å². The summed E-state index contributed by atoms with van der Waals surface area (Å²) in [5.74, 6) is 0.472. The van der Waals surface area contributed by atoms with Crippen LogP contribution in [-0.4, -0.2) is 30.7 Å². The van der Waals surface area contributed by atoms with Gasteiger partial charge in [-0.3, -0.25) is 9.59 Å². The molecular weight excluding hydrogens is 260 g/mol. The first-order chi connectivity index (χ1) is 9.02. The molecule has 0 aliphatic rings. The molecule has 0 bridgehead atoms. The fourth-order valence-electron chi connectivity index (χ4n) is 1.60. The summed E-state index contributed by atoms with van der Waals surface area (Å²) in [6, 6.07) is 7.52. The van der Waals surface area contributed by atoms with Crippen LogP contribution in [0.1, 0.15) is 29.8 Å². The van der Waals surface area contributed by atoms with Gasteiger partial charge in [-0.15, -0.1) is 0 Å². The maximum Gasteiger partial charge on any atom is 0.251 e. The Hall–Kier alpha value is -1.49. The van der Waals surface area contributed by atoms with E-state index >= 15 is 0 Å². The van der Waals surface area contributed by atoms with Crippen LogP contribution in [0.15, 0.2) is 24.3 Å². The third kappa shape index (κ3) is 5.79. The largest absolute Gasteiger partial charge is 0.352 e. The van der Waals surface area contributed by atoms with Gasteiger partial charge < -0.3 is 10.6 Å². The van der Waals surface area contributed by atoms with Gasteiger partial charge in [-0.05, 0) is 37.8 Å². The average Bonchev–Trinajstić information content (AvgIpc) is 2.36. The Morgan fingerprint density at radius 2 is 2.05 bits per heavy atom. The van der Waals surface area contributed by atoms with Gasteiger partial charge in [0.15, 0.2) is 0 Å². The zero-order valence-corrected chi connectivity index (χ0v) is 12.3. The predicted molar refractivity (Wildman–Crippen MR) is 79.3 cm³/mol. The van der Waals surface area contributed by atoms with Crippen molar-refractivity contribution in [1.29, 1.82) is 0 Å². The molecule has 0 radical (unpaired) electrons. The van der Waals surface area contributed by atoms with E-state index in [-0.39, 0.29) is 24.4 Å². The van der Waals surface area contributed by atoms with E-state index in [9.17, 15) is 9.59 Å². The van der Waals surface area contributed by atoms with Crippen molar-refractivity contribution in [3.8, 4) is 0 Å². The van der Waals surface area contributed by atoms with Crippen molar-refractivity contribution >= 4 is 23.6 Å². The van der Waals surface area contributed by atoms with Crippen LogP contribution in [0.4, 0.5) is 0 Å². The molecule has 0 spiro atoms. The molecule has 0 heterocycles. The molecule has 0 unspecified atom stereocenters. The fourth-order valence-corrected chi connectivity index (χ4v) is 2.12. The van der Waals surface area contributed by atoms with Gasteiger partial charge in [-0.1, -0.05) is 12.1 Å². The molecule has 5 heteroatoms. The summed E-state index contributed by atoms with van der Waals surface area (Å²) >= 11 is 1.70.